The van der Waals surface area contributed by atoms with Crippen LogP contribution >= 0.6 is 23.2 Å². The average Bonchev–Trinajstić information content (AvgIpc) is 3.12. The first-order chi connectivity index (χ1) is 13.9. The second kappa shape index (κ2) is 9.35. The standard InChI is InChI=1S/C18H16Cl2N6O3/c19-11-4-5-12(13(20)7-11)18(29)23-10-17(28)22-9-16(27)21-8-15-25-24-14-3-1-2-6-26(14)15/h1-7H,8-10H2,(H,21,27)(H,22,28)(H,23,29). The van der Waals surface area contributed by atoms with Crippen LogP contribution in [0.15, 0.2) is 42.6 Å². The van der Waals surface area contributed by atoms with Crippen LogP contribution in [0, 0.1) is 0 Å². The maximum atomic E-state index is 12.0. The van der Waals surface area contributed by atoms with E-state index >= 15 is 0 Å². The number of nitrogens with zero attached hydrogens (tertiary/aromatic N) is 3. The predicted octanol–water partition coefficient (Wildman–Crippen LogP) is 1.20. The van der Waals surface area contributed by atoms with Crippen molar-refractivity contribution < 1.29 is 14.4 Å². The highest BCUT2D eigenvalue weighted by molar-refractivity contribution is 6.36. The Kier molecular flexibility index (Phi) is 6.63. The maximum Gasteiger partial charge on any atom is 0.253 e. The van der Waals surface area contributed by atoms with Gasteiger partial charge in [0.05, 0.1) is 30.2 Å². The summed E-state index contributed by atoms with van der Waals surface area (Å²) in [7, 11) is 0. The summed E-state index contributed by atoms with van der Waals surface area (Å²) in [4.78, 5) is 35.8. The number of carbonyl (C=O) groups excluding carboxylic acids is 3. The fraction of sp³-hybridized carbons (Fsp3) is 0.167. The molecule has 0 fully saturated rings. The lowest BCUT2D eigenvalue weighted by atomic mass is 10.2. The summed E-state index contributed by atoms with van der Waals surface area (Å²) >= 11 is 11.7. The van der Waals surface area contributed by atoms with Crippen LogP contribution < -0.4 is 16.0 Å². The van der Waals surface area contributed by atoms with Crippen molar-refractivity contribution in [2.75, 3.05) is 13.1 Å². The first-order valence-corrected chi connectivity index (χ1v) is 9.25. The Labute approximate surface area is 175 Å². The van der Waals surface area contributed by atoms with Gasteiger partial charge in [0.15, 0.2) is 11.5 Å². The number of hydrogen-bond acceptors (Lipinski definition) is 5. The molecule has 0 spiro atoms. The molecule has 0 unspecified atom stereocenters. The van der Waals surface area contributed by atoms with Crippen LogP contribution in [0.4, 0.5) is 0 Å². The molecule has 150 valence electrons. The first kappa shape index (κ1) is 20.6. The van der Waals surface area contributed by atoms with E-state index in [1.165, 1.54) is 18.2 Å². The highest BCUT2D eigenvalue weighted by atomic mass is 35.5. The molecule has 3 amide bonds. The quantitative estimate of drug-likeness (QED) is 0.516. The monoisotopic (exact) mass is 434 g/mol. The number of pyridine rings is 1. The molecule has 3 aromatic rings. The number of amides is 3. The molecule has 0 radical (unpaired) electrons. The van der Waals surface area contributed by atoms with Crippen molar-refractivity contribution in [1.82, 2.24) is 30.5 Å². The summed E-state index contributed by atoms with van der Waals surface area (Å²) in [6, 6.07) is 9.87. The van der Waals surface area contributed by atoms with Gasteiger partial charge in [-0.3, -0.25) is 18.8 Å². The van der Waals surface area contributed by atoms with Crippen molar-refractivity contribution in [3.05, 3.63) is 64.0 Å². The Bertz CT molecular complexity index is 1070. The summed E-state index contributed by atoms with van der Waals surface area (Å²) in [5.41, 5.74) is 0.865. The lowest BCUT2D eigenvalue weighted by Gasteiger charge is -2.08. The van der Waals surface area contributed by atoms with Gasteiger partial charge in [0, 0.05) is 11.2 Å². The van der Waals surface area contributed by atoms with Crippen molar-refractivity contribution >= 4 is 46.6 Å². The Balaban J connectivity index is 1.40. The van der Waals surface area contributed by atoms with Crippen molar-refractivity contribution in [2.45, 2.75) is 6.54 Å². The summed E-state index contributed by atoms with van der Waals surface area (Å²) in [5.74, 6) is -0.887. The number of benzene rings is 1. The van der Waals surface area contributed by atoms with Gasteiger partial charge in [-0.2, -0.15) is 0 Å². The number of nitrogens with one attached hydrogen (secondary N) is 3. The van der Waals surface area contributed by atoms with Crippen LogP contribution in [0.2, 0.25) is 10.0 Å². The Morgan fingerprint density at radius 3 is 2.48 bits per heavy atom. The molecule has 0 aliphatic rings. The van der Waals surface area contributed by atoms with Gasteiger partial charge >= 0.3 is 0 Å². The predicted molar refractivity (Wildman–Crippen MR) is 107 cm³/mol. The largest absolute Gasteiger partial charge is 0.347 e. The van der Waals surface area contributed by atoms with E-state index in [2.05, 4.69) is 26.1 Å². The fourth-order valence-electron chi connectivity index (χ4n) is 2.42. The van der Waals surface area contributed by atoms with Gasteiger partial charge in [0.2, 0.25) is 11.8 Å². The van der Waals surface area contributed by atoms with Crippen molar-refractivity contribution in [3.8, 4) is 0 Å². The van der Waals surface area contributed by atoms with E-state index in [1.807, 2.05) is 12.1 Å². The Hall–Kier alpha value is -3.17. The topological polar surface area (TPSA) is 117 Å². The number of aromatic nitrogens is 3. The number of hydrogen-bond donors (Lipinski definition) is 3. The molecule has 11 heteroatoms. The van der Waals surface area contributed by atoms with E-state index in [-0.39, 0.29) is 30.2 Å². The molecule has 9 nitrogen and oxygen atoms in total. The zero-order valence-corrected chi connectivity index (χ0v) is 16.5. The molecule has 3 N–H and O–H groups in total. The van der Waals surface area contributed by atoms with Gasteiger partial charge in [-0.25, -0.2) is 0 Å². The third kappa shape index (κ3) is 5.43. The summed E-state index contributed by atoms with van der Waals surface area (Å²) < 4.78 is 1.75. The van der Waals surface area contributed by atoms with Gasteiger partial charge in [0.25, 0.3) is 5.91 Å². The Morgan fingerprint density at radius 1 is 0.931 bits per heavy atom. The lowest BCUT2D eigenvalue weighted by molar-refractivity contribution is -0.125. The minimum Gasteiger partial charge on any atom is -0.347 e. The van der Waals surface area contributed by atoms with Crippen LogP contribution in [0.25, 0.3) is 5.65 Å². The highest BCUT2D eigenvalue weighted by Gasteiger charge is 2.13. The van der Waals surface area contributed by atoms with Gasteiger partial charge in [0.1, 0.15) is 0 Å². The second-order valence-corrected chi connectivity index (χ2v) is 6.75. The van der Waals surface area contributed by atoms with E-state index < -0.39 is 17.7 Å². The molecular formula is C18H16Cl2N6O3. The Morgan fingerprint density at radius 2 is 1.69 bits per heavy atom. The van der Waals surface area contributed by atoms with E-state index in [4.69, 9.17) is 23.2 Å². The SMILES string of the molecule is O=C(CNC(=O)CNC(=O)c1ccc(Cl)cc1Cl)NCc1nnc2ccccn12. The van der Waals surface area contributed by atoms with Crippen LogP contribution in [-0.4, -0.2) is 45.4 Å². The molecule has 2 heterocycles. The molecule has 0 aliphatic heterocycles. The zero-order valence-electron chi connectivity index (χ0n) is 15.0. The number of rotatable bonds is 7. The molecule has 2 aromatic heterocycles. The van der Waals surface area contributed by atoms with Gasteiger partial charge in [-0.1, -0.05) is 29.3 Å². The molecule has 1 aromatic carbocycles. The molecular weight excluding hydrogens is 419 g/mol. The fourth-order valence-corrected chi connectivity index (χ4v) is 2.92. The molecule has 0 bridgehead atoms. The summed E-state index contributed by atoms with van der Waals surface area (Å²) in [6.07, 6.45) is 1.79. The van der Waals surface area contributed by atoms with E-state index in [1.54, 1.807) is 16.7 Å². The van der Waals surface area contributed by atoms with Gasteiger partial charge in [-0.05, 0) is 30.3 Å². The smallest absolute Gasteiger partial charge is 0.253 e. The number of halogens is 2. The molecule has 3 rings (SSSR count). The van der Waals surface area contributed by atoms with Crippen molar-refractivity contribution in [1.29, 1.82) is 0 Å². The van der Waals surface area contributed by atoms with Crippen LogP contribution in [0.3, 0.4) is 0 Å². The van der Waals surface area contributed by atoms with Crippen LogP contribution in [0.1, 0.15) is 16.2 Å². The van der Waals surface area contributed by atoms with E-state index in [0.29, 0.717) is 16.5 Å². The lowest BCUT2D eigenvalue weighted by Crippen LogP contribution is -2.42. The average molecular weight is 435 g/mol. The zero-order chi connectivity index (χ0) is 20.8. The molecule has 29 heavy (non-hydrogen) atoms. The van der Waals surface area contributed by atoms with Crippen LogP contribution in [-0.2, 0) is 16.1 Å². The van der Waals surface area contributed by atoms with Crippen molar-refractivity contribution in [3.63, 3.8) is 0 Å². The van der Waals surface area contributed by atoms with Gasteiger partial charge in [-0.15, -0.1) is 10.2 Å². The molecule has 0 saturated carbocycles. The van der Waals surface area contributed by atoms with Gasteiger partial charge < -0.3 is 16.0 Å². The summed E-state index contributed by atoms with van der Waals surface area (Å²) in [5, 5.41) is 16.0. The van der Waals surface area contributed by atoms with Crippen molar-refractivity contribution in [2.24, 2.45) is 0 Å². The van der Waals surface area contributed by atoms with E-state index in [9.17, 15) is 14.4 Å². The third-order valence-electron chi connectivity index (χ3n) is 3.86. The first-order valence-electron chi connectivity index (χ1n) is 8.49. The number of carbonyl (C=O) groups is 3. The maximum absolute atomic E-state index is 12.0. The normalized spacial score (nSPS) is 10.6. The number of fused-ring (bicyclic) bond motifs is 1. The highest BCUT2D eigenvalue weighted by Crippen LogP contribution is 2.20. The second-order valence-electron chi connectivity index (χ2n) is 5.91. The molecule has 0 atom stereocenters. The minimum atomic E-state index is -0.523. The third-order valence-corrected chi connectivity index (χ3v) is 4.41. The minimum absolute atomic E-state index is 0.158. The van der Waals surface area contributed by atoms with Crippen LogP contribution in [0.5, 0.6) is 0 Å². The molecule has 0 saturated heterocycles. The molecule has 0 aliphatic carbocycles. The van der Waals surface area contributed by atoms with E-state index in [0.717, 1.165) is 0 Å². The summed E-state index contributed by atoms with van der Waals surface area (Å²) in [6.45, 7) is -0.390.